The lowest BCUT2D eigenvalue weighted by atomic mass is 9.86. The number of rotatable bonds is 6. The van der Waals surface area contributed by atoms with Crippen LogP contribution < -0.4 is 10.6 Å². The van der Waals surface area contributed by atoms with Gasteiger partial charge in [-0.15, -0.1) is 0 Å². The van der Waals surface area contributed by atoms with Crippen LogP contribution in [0.4, 0.5) is 0 Å². The van der Waals surface area contributed by atoms with Crippen LogP contribution in [0.25, 0.3) is 0 Å². The van der Waals surface area contributed by atoms with Crippen molar-refractivity contribution in [2.75, 3.05) is 46.4 Å². The molecule has 0 spiro atoms. The van der Waals surface area contributed by atoms with Gasteiger partial charge in [0.2, 0.25) is 5.91 Å². The largest absolute Gasteiger partial charge is 0.381 e. The van der Waals surface area contributed by atoms with Gasteiger partial charge in [-0.1, -0.05) is 13.3 Å². The zero-order valence-corrected chi connectivity index (χ0v) is 13.6. The van der Waals surface area contributed by atoms with Gasteiger partial charge in [0.05, 0.1) is 0 Å². The van der Waals surface area contributed by atoms with Crippen molar-refractivity contribution in [2.45, 2.75) is 44.6 Å². The number of piperidine rings is 1. The summed E-state index contributed by atoms with van der Waals surface area (Å²) in [7, 11) is 1.89. The van der Waals surface area contributed by atoms with Crippen LogP contribution in [-0.2, 0) is 9.53 Å². The van der Waals surface area contributed by atoms with Gasteiger partial charge in [0.25, 0.3) is 0 Å². The molecule has 1 unspecified atom stereocenters. The lowest BCUT2D eigenvalue weighted by molar-refractivity contribution is -0.125. The Morgan fingerprint density at radius 2 is 1.90 bits per heavy atom. The molecule has 2 aliphatic heterocycles. The molecule has 0 bridgehead atoms. The van der Waals surface area contributed by atoms with E-state index in [9.17, 15) is 4.79 Å². The van der Waals surface area contributed by atoms with Crippen molar-refractivity contribution < 1.29 is 9.53 Å². The lowest BCUT2D eigenvalue weighted by Gasteiger charge is -2.48. The van der Waals surface area contributed by atoms with E-state index in [0.717, 1.165) is 39.1 Å². The van der Waals surface area contributed by atoms with E-state index < -0.39 is 0 Å². The van der Waals surface area contributed by atoms with Crippen molar-refractivity contribution in [1.82, 2.24) is 15.5 Å². The summed E-state index contributed by atoms with van der Waals surface area (Å²) in [6.45, 7) is 7.44. The highest BCUT2D eigenvalue weighted by Gasteiger charge is 2.39. The Hall–Kier alpha value is -0.650. The van der Waals surface area contributed by atoms with Crippen molar-refractivity contribution in [3.8, 4) is 0 Å². The number of ether oxygens (including phenoxy) is 1. The van der Waals surface area contributed by atoms with Crippen LogP contribution in [-0.4, -0.2) is 62.8 Å². The maximum Gasteiger partial charge on any atom is 0.224 e. The Labute approximate surface area is 128 Å². The molecular formula is C16H31N3O2. The fraction of sp³-hybridized carbons (Fsp3) is 0.938. The number of carbonyl (C=O) groups excluding carboxylic acids is 1. The van der Waals surface area contributed by atoms with Crippen molar-refractivity contribution in [2.24, 2.45) is 5.92 Å². The molecule has 0 aromatic rings. The van der Waals surface area contributed by atoms with E-state index in [0.29, 0.717) is 0 Å². The molecule has 2 saturated heterocycles. The molecule has 2 heterocycles. The van der Waals surface area contributed by atoms with Gasteiger partial charge in [0.15, 0.2) is 0 Å². The van der Waals surface area contributed by atoms with E-state index in [4.69, 9.17) is 4.74 Å². The maximum atomic E-state index is 12.2. The first-order valence-electron chi connectivity index (χ1n) is 8.43. The number of hydrogen-bond acceptors (Lipinski definition) is 4. The summed E-state index contributed by atoms with van der Waals surface area (Å²) in [4.78, 5) is 14.8. The fourth-order valence-corrected chi connectivity index (χ4v) is 3.55. The molecule has 1 amide bonds. The predicted molar refractivity (Wildman–Crippen MR) is 84.3 cm³/mol. The summed E-state index contributed by atoms with van der Waals surface area (Å²) in [6, 6.07) is 0. The molecule has 2 aliphatic rings. The molecule has 21 heavy (non-hydrogen) atoms. The minimum atomic E-state index is 0.0215. The predicted octanol–water partition coefficient (Wildman–Crippen LogP) is 0.993. The van der Waals surface area contributed by atoms with Crippen LogP contribution >= 0.6 is 0 Å². The SMILES string of the molecule is CNCC(C)C(=O)NCC1(N2CCCCC2)CCOCC1. The monoisotopic (exact) mass is 297 g/mol. The van der Waals surface area contributed by atoms with Crippen LogP contribution in [0.2, 0.25) is 0 Å². The molecular weight excluding hydrogens is 266 g/mol. The summed E-state index contributed by atoms with van der Waals surface area (Å²) >= 11 is 0. The van der Waals surface area contributed by atoms with E-state index in [1.807, 2.05) is 14.0 Å². The Morgan fingerprint density at radius 3 is 2.52 bits per heavy atom. The van der Waals surface area contributed by atoms with E-state index >= 15 is 0 Å². The standard InChI is InChI=1S/C16H31N3O2/c1-14(12-17-2)15(20)18-13-16(6-10-21-11-7-16)19-8-4-3-5-9-19/h14,17H,3-13H2,1-2H3,(H,18,20). The molecule has 5 nitrogen and oxygen atoms in total. The molecule has 0 saturated carbocycles. The second-order valence-corrected chi connectivity index (χ2v) is 6.56. The van der Waals surface area contributed by atoms with Crippen LogP contribution in [0.3, 0.4) is 0 Å². The summed E-state index contributed by atoms with van der Waals surface area (Å²) in [5, 5.41) is 6.27. The van der Waals surface area contributed by atoms with Crippen molar-refractivity contribution in [1.29, 1.82) is 0 Å². The highest BCUT2D eigenvalue weighted by molar-refractivity contribution is 5.78. The minimum absolute atomic E-state index is 0.0215. The number of amides is 1. The first-order valence-corrected chi connectivity index (χ1v) is 8.43. The van der Waals surface area contributed by atoms with E-state index in [1.165, 1.54) is 32.4 Å². The minimum Gasteiger partial charge on any atom is -0.381 e. The molecule has 122 valence electrons. The summed E-state index contributed by atoms with van der Waals surface area (Å²) in [5.41, 5.74) is 0.119. The average Bonchev–Trinajstić information content (AvgIpc) is 2.54. The normalized spacial score (nSPS) is 24.5. The van der Waals surface area contributed by atoms with E-state index in [-0.39, 0.29) is 17.4 Å². The van der Waals surface area contributed by atoms with Gasteiger partial charge in [-0.3, -0.25) is 9.69 Å². The molecule has 2 rings (SSSR count). The van der Waals surface area contributed by atoms with Crippen molar-refractivity contribution in [3.63, 3.8) is 0 Å². The quantitative estimate of drug-likeness (QED) is 0.768. The second-order valence-electron chi connectivity index (χ2n) is 6.56. The Kier molecular flexibility index (Phi) is 6.45. The third-order valence-corrected chi connectivity index (χ3v) is 5.00. The highest BCUT2D eigenvalue weighted by Crippen LogP contribution is 2.30. The van der Waals surface area contributed by atoms with Crippen molar-refractivity contribution in [3.05, 3.63) is 0 Å². The molecule has 2 fully saturated rings. The van der Waals surface area contributed by atoms with Gasteiger partial charge in [0, 0.05) is 37.8 Å². The highest BCUT2D eigenvalue weighted by atomic mass is 16.5. The van der Waals surface area contributed by atoms with E-state index in [1.54, 1.807) is 0 Å². The zero-order chi connectivity index (χ0) is 15.1. The van der Waals surface area contributed by atoms with Gasteiger partial charge in [-0.25, -0.2) is 0 Å². The first kappa shape index (κ1) is 16.7. The van der Waals surface area contributed by atoms with Gasteiger partial charge in [-0.2, -0.15) is 0 Å². The number of hydrogen-bond donors (Lipinski definition) is 2. The van der Waals surface area contributed by atoms with Gasteiger partial charge < -0.3 is 15.4 Å². The molecule has 5 heteroatoms. The third kappa shape index (κ3) is 4.41. The van der Waals surface area contributed by atoms with Crippen LogP contribution in [0, 0.1) is 5.92 Å². The van der Waals surface area contributed by atoms with Crippen LogP contribution in [0.1, 0.15) is 39.0 Å². The van der Waals surface area contributed by atoms with Crippen LogP contribution in [0.5, 0.6) is 0 Å². The number of nitrogens with zero attached hydrogens (tertiary/aromatic N) is 1. The third-order valence-electron chi connectivity index (χ3n) is 5.00. The van der Waals surface area contributed by atoms with Gasteiger partial charge >= 0.3 is 0 Å². The number of nitrogens with one attached hydrogen (secondary N) is 2. The average molecular weight is 297 g/mol. The summed E-state index contributed by atoms with van der Waals surface area (Å²) in [6.07, 6.45) is 5.98. The fourth-order valence-electron chi connectivity index (χ4n) is 3.55. The second kappa shape index (κ2) is 8.11. The molecule has 0 aromatic carbocycles. The summed E-state index contributed by atoms with van der Waals surface area (Å²) < 4.78 is 5.56. The van der Waals surface area contributed by atoms with E-state index in [2.05, 4.69) is 15.5 Å². The smallest absolute Gasteiger partial charge is 0.224 e. The first-order chi connectivity index (χ1) is 10.2. The van der Waals surface area contributed by atoms with Crippen molar-refractivity contribution >= 4 is 5.91 Å². The van der Waals surface area contributed by atoms with Crippen LogP contribution in [0.15, 0.2) is 0 Å². The molecule has 0 aromatic heterocycles. The van der Waals surface area contributed by atoms with Gasteiger partial charge in [0.1, 0.15) is 0 Å². The molecule has 2 N–H and O–H groups in total. The summed E-state index contributed by atoms with van der Waals surface area (Å²) in [5.74, 6) is 0.181. The lowest BCUT2D eigenvalue weighted by Crippen LogP contribution is -2.60. The molecule has 1 atom stereocenters. The molecule has 0 aliphatic carbocycles. The van der Waals surface area contributed by atoms with Gasteiger partial charge in [-0.05, 0) is 45.8 Å². The number of likely N-dealkylation sites (tertiary alicyclic amines) is 1. The molecule has 0 radical (unpaired) electrons. The topological polar surface area (TPSA) is 53.6 Å². The Balaban J connectivity index is 1.94. The zero-order valence-electron chi connectivity index (χ0n) is 13.6. The Morgan fingerprint density at radius 1 is 1.24 bits per heavy atom. The maximum absolute atomic E-state index is 12.2. The Bertz CT molecular complexity index is 323. The number of carbonyl (C=O) groups is 1.